The Kier molecular flexibility index (Phi) is 7.19. The Balaban J connectivity index is 3.22. The molecule has 0 aromatic heterocycles. The van der Waals surface area contributed by atoms with Crippen LogP contribution in [-0.2, 0) is 17.6 Å². The number of allylic oxidation sites excluding steroid dienone is 1. The molecule has 0 bridgehead atoms. The van der Waals surface area contributed by atoms with Crippen LogP contribution in [0.25, 0.3) is 0 Å². The van der Waals surface area contributed by atoms with Crippen LogP contribution in [0.1, 0.15) is 31.9 Å². The second-order valence-electron chi connectivity index (χ2n) is 6.12. The zero-order valence-electron chi connectivity index (χ0n) is 13.6. The largest absolute Gasteiger partial charge is 0.481 e. The third-order valence-electron chi connectivity index (χ3n) is 4.44. The second-order valence-corrected chi connectivity index (χ2v) is 7.13. The first-order chi connectivity index (χ1) is 10.7. The normalized spacial score (nSPS) is 14.7. The van der Waals surface area contributed by atoms with E-state index >= 15 is 0 Å². The number of carboxylic acid groups (broad SMARTS) is 1. The number of hydrogen-bond donors (Lipinski definition) is 1. The van der Waals surface area contributed by atoms with Crippen LogP contribution in [0.2, 0.25) is 0 Å². The number of benzene rings is 1. The fourth-order valence-electron chi connectivity index (χ4n) is 2.98. The molecular weight excluding hydrogens is 331 g/mol. The van der Waals surface area contributed by atoms with Crippen LogP contribution >= 0.6 is 23.2 Å². The van der Waals surface area contributed by atoms with Crippen molar-refractivity contribution in [1.82, 2.24) is 0 Å². The van der Waals surface area contributed by atoms with Gasteiger partial charge in [-0.1, -0.05) is 74.3 Å². The van der Waals surface area contributed by atoms with Crippen LogP contribution in [0, 0.1) is 29.6 Å². The Morgan fingerprint density at radius 1 is 1.26 bits per heavy atom. The molecule has 2 nitrogen and oxygen atoms in total. The highest BCUT2D eigenvalue weighted by Gasteiger charge is 2.45. The van der Waals surface area contributed by atoms with Crippen molar-refractivity contribution in [3.63, 3.8) is 0 Å². The van der Waals surface area contributed by atoms with Crippen LogP contribution in [-0.4, -0.2) is 11.1 Å². The standard InChI is InChI=1S/C19H22Cl2O2/c1-5-6-15-7-9-16(10-8-15)12-19(13(2)3,18(22)23)14(4)11-17(20)21/h1,7-11,13-14H,6,12H2,2-4H3,(H,22,23). The smallest absolute Gasteiger partial charge is 0.310 e. The molecule has 0 heterocycles. The van der Waals surface area contributed by atoms with Crippen molar-refractivity contribution in [3.05, 3.63) is 46.0 Å². The summed E-state index contributed by atoms with van der Waals surface area (Å²) in [6.07, 6.45) is 7.87. The van der Waals surface area contributed by atoms with Gasteiger partial charge in [0.15, 0.2) is 0 Å². The molecule has 0 saturated heterocycles. The van der Waals surface area contributed by atoms with Crippen molar-refractivity contribution >= 4 is 29.2 Å². The summed E-state index contributed by atoms with van der Waals surface area (Å²) in [5.41, 5.74) is 1.01. The summed E-state index contributed by atoms with van der Waals surface area (Å²) in [5.74, 6) is 1.35. The maximum absolute atomic E-state index is 12.1. The quantitative estimate of drug-likeness (QED) is 0.694. The van der Waals surface area contributed by atoms with Crippen molar-refractivity contribution < 1.29 is 9.90 Å². The summed E-state index contributed by atoms with van der Waals surface area (Å²) in [6.45, 7) is 5.66. The molecule has 4 heteroatoms. The topological polar surface area (TPSA) is 37.3 Å². The van der Waals surface area contributed by atoms with Gasteiger partial charge in [0.05, 0.1) is 5.41 Å². The average Bonchev–Trinajstić information content (AvgIpc) is 2.45. The number of carbonyl (C=O) groups is 1. The van der Waals surface area contributed by atoms with Crippen molar-refractivity contribution in [1.29, 1.82) is 0 Å². The molecule has 1 aromatic carbocycles. The van der Waals surface area contributed by atoms with Gasteiger partial charge in [0.25, 0.3) is 0 Å². The van der Waals surface area contributed by atoms with Gasteiger partial charge in [0, 0.05) is 6.42 Å². The van der Waals surface area contributed by atoms with Gasteiger partial charge in [0.2, 0.25) is 0 Å². The third-order valence-corrected chi connectivity index (χ3v) is 4.69. The first kappa shape index (κ1) is 19.6. The fraction of sp³-hybridized carbons (Fsp3) is 0.421. The van der Waals surface area contributed by atoms with Crippen LogP contribution in [0.15, 0.2) is 34.8 Å². The van der Waals surface area contributed by atoms with E-state index in [1.807, 2.05) is 45.0 Å². The number of hydrogen-bond acceptors (Lipinski definition) is 1. The zero-order chi connectivity index (χ0) is 17.6. The van der Waals surface area contributed by atoms with Crippen molar-refractivity contribution in [2.45, 2.75) is 33.6 Å². The van der Waals surface area contributed by atoms with Crippen molar-refractivity contribution in [3.8, 4) is 12.3 Å². The minimum absolute atomic E-state index is 0.0909. The lowest BCUT2D eigenvalue weighted by Crippen LogP contribution is -2.43. The van der Waals surface area contributed by atoms with Crippen molar-refractivity contribution in [2.24, 2.45) is 17.3 Å². The van der Waals surface area contributed by atoms with Gasteiger partial charge in [-0.05, 0) is 29.4 Å². The summed E-state index contributed by atoms with van der Waals surface area (Å²) in [5, 5.41) is 9.94. The third kappa shape index (κ3) is 4.77. The molecule has 2 unspecified atom stereocenters. The minimum Gasteiger partial charge on any atom is -0.481 e. The van der Waals surface area contributed by atoms with E-state index in [0.29, 0.717) is 12.8 Å². The SMILES string of the molecule is C#CCc1ccc(CC(C(=O)O)(C(C)C)C(C)C=C(Cl)Cl)cc1. The summed E-state index contributed by atoms with van der Waals surface area (Å²) >= 11 is 11.5. The van der Waals surface area contributed by atoms with E-state index in [0.717, 1.165) is 11.1 Å². The molecule has 0 aliphatic rings. The van der Waals surface area contributed by atoms with Gasteiger partial charge in [-0.2, -0.15) is 0 Å². The van der Waals surface area contributed by atoms with Gasteiger partial charge in [0.1, 0.15) is 4.49 Å². The zero-order valence-corrected chi connectivity index (χ0v) is 15.2. The number of carboxylic acids is 1. The summed E-state index contributed by atoms with van der Waals surface area (Å²) in [7, 11) is 0. The van der Waals surface area contributed by atoms with Crippen LogP contribution in [0.5, 0.6) is 0 Å². The van der Waals surface area contributed by atoms with E-state index in [9.17, 15) is 9.90 Å². The Bertz CT molecular complexity index is 607. The summed E-state index contributed by atoms with van der Waals surface area (Å²) < 4.78 is 0.0909. The average molecular weight is 353 g/mol. The molecule has 1 rings (SSSR count). The van der Waals surface area contributed by atoms with E-state index in [2.05, 4.69) is 5.92 Å². The number of rotatable bonds is 7. The van der Waals surface area contributed by atoms with Gasteiger partial charge < -0.3 is 5.11 Å². The van der Waals surface area contributed by atoms with Crippen LogP contribution < -0.4 is 0 Å². The maximum atomic E-state index is 12.1. The van der Waals surface area contributed by atoms with Crippen LogP contribution in [0.3, 0.4) is 0 Å². The molecule has 0 aliphatic carbocycles. The molecule has 0 amide bonds. The fourth-order valence-corrected chi connectivity index (χ4v) is 3.35. The Hall–Kier alpha value is -1.43. The molecule has 0 saturated carbocycles. The molecular formula is C19H22Cl2O2. The van der Waals surface area contributed by atoms with Gasteiger partial charge in [-0.3, -0.25) is 4.79 Å². The molecule has 1 N–H and O–H groups in total. The highest BCUT2D eigenvalue weighted by atomic mass is 35.5. The van der Waals surface area contributed by atoms with E-state index < -0.39 is 11.4 Å². The number of halogens is 2. The summed E-state index contributed by atoms with van der Waals surface area (Å²) in [6, 6.07) is 7.76. The van der Waals surface area contributed by atoms with Gasteiger partial charge in [-0.15, -0.1) is 12.3 Å². The van der Waals surface area contributed by atoms with Crippen LogP contribution in [0.4, 0.5) is 0 Å². The van der Waals surface area contributed by atoms with E-state index in [1.165, 1.54) is 0 Å². The lowest BCUT2D eigenvalue weighted by Gasteiger charge is -2.38. The lowest BCUT2D eigenvalue weighted by atomic mass is 9.65. The van der Waals surface area contributed by atoms with Gasteiger partial charge in [-0.25, -0.2) is 0 Å². The Morgan fingerprint density at radius 2 is 1.78 bits per heavy atom. The molecule has 0 spiro atoms. The van der Waals surface area contributed by atoms with Gasteiger partial charge >= 0.3 is 5.97 Å². The molecule has 1 aromatic rings. The van der Waals surface area contributed by atoms with E-state index in [-0.39, 0.29) is 16.3 Å². The first-order valence-corrected chi connectivity index (χ1v) is 8.27. The number of terminal acetylenes is 1. The lowest BCUT2D eigenvalue weighted by molar-refractivity contribution is -0.154. The van der Waals surface area contributed by atoms with E-state index in [4.69, 9.17) is 29.6 Å². The van der Waals surface area contributed by atoms with Crippen molar-refractivity contribution in [2.75, 3.05) is 0 Å². The maximum Gasteiger partial charge on any atom is 0.310 e. The highest BCUT2D eigenvalue weighted by Crippen LogP contribution is 2.41. The molecule has 0 radical (unpaired) electrons. The molecule has 2 atom stereocenters. The predicted molar refractivity (Wildman–Crippen MR) is 96.5 cm³/mol. The molecule has 0 fully saturated rings. The molecule has 23 heavy (non-hydrogen) atoms. The Labute approximate surface area is 148 Å². The number of aliphatic carboxylic acids is 1. The van der Waals surface area contributed by atoms with E-state index in [1.54, 1.807) is 6.08 Å². The second kappa shape index (κ2) is 8.43. The highest BCUT2D eigenvalue weighted by molar-refractivity contribution is 6.55. The summed E-state index contributed by atoms with van der Waals surface area (Å²) in [4.78, 5) is 12.1. The minimum atomic E-state index is -0.983. The monoisotopic (exact) mass is 352 g/mol. The first-order valence-electron chi connectivity index (χ1n) is 7.51. The Morgan fingerprint density at radius 3 is 2.17 bits per heavy atom. The molecule has 124 valence electrons. The molecule has 0 aliphatic heterocycles. The predicted octanol–water partition coefficient (Wildman–Crippen LogP) is 5.09.